The zero-order chi connectivity index (χ0) is 11.0. The predicted molar refractivity (Wildman–Crippen MR) is 65.8 cm³/mol. The summed E-state index contributed by atoms with van der Waals surface area (Å²) in [6.45, 7) is 2.53. The van der Waals surface area contributed by atoms with Gasteiger partial charge in [0, 0.05) is 11.8 Å². The molecule has 0 amide bonds. The molecule has 0 fully saturated rings. The van der Waals surface area contributed by atoms with Crippen molar-refractivity contribution in [3.8, 4) is 0 Å². The van der Waals surface area contributed by atoms with Crippen LogP contribution < -0.4 is 0 Å². The van der Waals surface area contributed by atoms with Crippen molar-refractivity contribution in [3.05, 3.63) is 12.2 Å². The number of hydrogen-bond donors (Lipinski definition) is 0. The Kier molecular flexibility index (Phi) is 6.48. The monoisotopic (exact) mass is 232 g/mol. The summed E-state index contributed by atoms with van der Waals surface area (Å²) in [4.78, 5) is 0. The second-order valence-electron chi connectivity index (χ2n) is 6.66. The van der Waals surface area contributed by atoms with Gasteiger partial charge in [0.1, 0.15) is 0 Å². The van der Waals surface area contributed by atoms with Crippen LogP contribution in [0.2, 0.25) is 0 Å². The molecule has 0 radical (unpaired) electrons. The minimum atomic E-state index is 0. The molecule has 2 N–H and O–H groups in total. The molecule has 1 aliphatic carbocycles. The van der Waals surface area contributed by atoms with Gasteiger partial charge in [-0.05, 0) is 0 Å². The zero-order valence-corrected chi connectivity index (χ0v) is 11.5. The van der Waals surface area contributed by atoms with Crippen molar-refractivity contribution in [1.29, 1.82) is 0 Å². The lowest BCUT2D eigenvalue weighted by molar-refractivity contribution is -0.882. The maximum atomic E-state index is 2.38. The van der Waals surface area contributed by atoms with E-state index in [0.29, 0.717) is 0 Å². The summed E-state index contributed by atoms with van der Waals surface area (Å²) >= 11 is 0. The molecular formula is C12H28N2O2. The van der Waals surface area contributed by atoms with Gasteiger partial charge in [0.2, 0.25) is 0 Å². The summed E-state index contributed by atoms with van der Waals surface area (Å²) in [6.07, 6.45) is 4.76. The molecule has 98 valence electrons. The Balaban J connectivity index is 0. The van der Waals surface area contributed by atoms with Crippen LogP contribution in [0, 0.1) is 11.8 Å². The van der Waals surface area contributed by atoms with E-state index < -0.39 is 0 Å². The van der Waals surface area contributed by atoms with Crippen LogP contribution in [0.3, 0.4) is 0 Å². The summed E-state index contributed by atoms with van der Waals surface area (Å²) in [5, 5.41) is 0. The lowest BCUT2D eigenvalue weighted by atomic mass is 9.81. The van der Waals surface area contributed by atoms with Crippen LogP contribution >= 0.6 is 0 Å². The first-order chi connectivity index (χ1) is 6.17. The minimum absolute atomic E-state index is 0. The van der Waals surface area contributed by atoms with E-state index in [1.165, 1.54) is 13.1 Å². The lowest BCUT2D eigenvalue weighted by Gasteiger charge is -2.38. The molecule has 2 atom stereocenters. The van der Waals surface area contributed by atoms with Gasteiger partial charge in [-0.1, -0.05) is 12.2 Å². The summed E-state index contributed by atoms with van der Waals surface area (Å²) in [5.74, 6) is 1.60. The minimum Gasteiger partial charge on any atom is -0.870 e. The van der Waals surface area contributed by atoms with Crippen LogP contribution in [0.4, 0.5) is 0 Å². The van der Waals surface area contributed by atoms with E-state index >= 15 is 0 Å². The topological polar surface area (TPSA) is 60.0 Å². The third-order valence-corrected chi connectivity index (χ3v) is 2.67. The van der Waals surface area contributed by atoms with Gasteiger partial charge >= 0.3 is 0 Å². The van der Waals surface area contributed by atoms with Gasteiger partial charge in [-0.2, -0.15) is 0 Å². The van der Waals surface area contributed by atoms with Crippen molar-refractivity contribution < 1.29 is 19.9 Å². The summed E-state index contributed by atoms with van der Waals surface area (Å²) in [6, 6.07) is 0. The van der Waals surface area contributed by atoms with Gasteiger partial charge in [0.25, 0.3) is 0 Å². The number of rotatable bonds is 4. The first-order valence-corrected chi connectivity index (χ1v) is 5.47. The van der Waals surface area contributed by atoms with Crippen LogP contribution in [-0.2, 0) is 0 Å². The molecule has 2 unspecified atom stereocenters. The third-order valence-electron chi connectivity index (χ3n) is 2.67. The first-order valence-electron chi connectivity index (χ1n) is 5.47. The molecule has 0 saturated heterocycles. The Morgan fingerprint density at radius 3 is 1.06 bits per heavy atom. The van der Waals surface area contributed by atoms with E-state index in [2.05, 4.69) is 54.4 Å². The fraction of sp³-hybridized carbons (Fsp3) is 0.833. The van der Waals surface area contributed by atoms with Crippen molar-refractivity contribution in [2.45, 2.75) is 0 Å². The highest BCUT2D eigenvalue weighted by atomic mass is 16.0. The SMILES string of the molecule is C[N+](C)(C)CC1C=CC1C[N+](C)(C)C.[OH-].[OH-]. The van der Waals surface area contributed by atoms with Gasteiger partial charge in [-0.3, -0.25) is 0 Å². The Labute approximate surface area is 100.0 Å². The van der Waals surface area contributed by atoms with Crippen molar-refractivity contribution in [3.63, 3.8) is 0 Å². The second-order valence-corrected chi connectivity index (χ2v) is 6.66. The normalized spacial score (nSPS) is 24.1. The molecule has 1 aliphatic rings. The molecule has 0 aromatic rings. The first kappa shape index (κ1) is 18.0. The lowest BCUT2D eigenvalue weighted by Crippen LogP contribution is -2.47. The highest BCUT2D eigenvalue weighted by Gasteiger charge is 2.32. The van der Waals surface area contributed by atoms with Crippen LogP contribution in [0.25, 0.3) is 0 Å². The van der Waals surface area contributed by atoms with E-state index in [4.69, 9.17) is 0 Å². The van der Waals surface area contributed by atoms with Crippen molar-refractivity contribution in [1.82, 2.24) is 0 Å². The van der Waals surface area contributed by atoms with Gasteiger partial charge in [-0.25, -0.2) is 0 Å². The predicted octanol–water partition coefficient (Wildman–Crippen LogP) is 0.847. The van der Waals surface area contributed by atoms with Gasteiger partial charge in [0.05, 0.1) is 55.4 Å². The molecule has 0 heterocycles. The van der Waals surface area contributed by atoms with E-state index in [9.17, 15) is 0 Å². The van der Waals surface area contributed by atoms with Gasteiger partial charge < -0.3 is 19.9 Å². The van der Waals surface area contributed by atoms with E-state index in [0.717, 1.165) is 20.8 Å². The van der Waals surface area contributed by atoms with Gasteiger partial charge in [0.15, 0.2) is 0 Å². The van der Waals surface area contributed by atoms with Gasteiger partial charge in [-0.15, -0.1) is 0 Å². The average molecular weight is 232 g/mol. The molecule has 16 heavy (non-hydrogen) atoms. The number of nitrogens with zero attached hydrogens (tertiary/aromatic N) is 2. The average Bonchev–Trinajstić information content (AvgIpc) is 1.91. The highest BCUT2D eigenvalue weighted by Crippen LogP contribution is 2.28. The van der Waals surface area contributed by atoms with E-state index in [1.54, 1.807) is 0 Å². The van der Waals surface area contributed by atoms with Crippen molar-refractivity contribution in [2.24, 2.45) is 11.8 Å². The molecular weight excluding hydrogens is 204 g/mol. The fourth-order valence-electron chi connectivity index (χ4n) is 2.08. The van der Waals surface area contributed by atoms with Crippen LogP contribution in [0.15, 0.2) is 12.2 Å². The molecule has 1 rings (SSSR count). The summed E-state index contributed by atoms with van der Waals surface area (Å²) in [7, 11) is 13.6. The Morgan fingerprint density at radius 1 is 0.688 bits per heavy atom. The zero-order valence-electron chi connectivity index (χ0n) is 11.5. The quantitative estimate of drug-likeness (QED) is 0.533. The third kappa shape index (κ3) is 6.23. The summed E-state index contributed by atoms with van der Waals surface area (Å²) in [5.41, 5.74) is 0. The van der Waals surface area contributed by atoms with Crippen LogP contribution in [0.1, 0.15) is 0 Å². The maximum Gasteiger partial charge on any atom is 0.0852 e. The Bertz CT molecular complexity index is 202. The summed E-state index contributed by atoms with van der Waals surface area (Å²) < 4.78 is 2.14. The number of hydrogen-bond acceptors (Lipinski definition) is 2. The maximum absolute atomic E-state index is 2.38. The molecule has 0 aromatic heterocycles. The molecule has 4 heteroatoms. The molecule has 4 nitrogen and oxygen atoms in total. The van der Waals surface area contributed by atoms with Crippen molar-refractivity contribution in [2.75, 3.05) is 55.4 Å². The van der Waals surface area contributed by atoms with Crippen LogP contribution in [0.5, 0.6) is 0 Å². The smallest absolute Gasteiger partial charge is 0.0852 e. The largest absolute Gasteiger partial charge is 0.870 e. The molecule has 0 aromatic carbocycles. The molecule has 0 aliphatic heterocycles. The van der Waals surface area contributed by atoms with Crippen molar-refractivity contribution >= 4 is 0 Å². The number of quaternary nitrogens is 2. The Hall–Kier alpha value is -0.420. The fourth-order valence-corrected chi connectivity index (χ4v) is 2.08. The molecule has 0 spiro atoms. The second kappa shape index (κ2) is 5.77. The highest BCUT2D eigenvalue weighted by molar-refractivity contribution is 5.09. The molecule has 0 bridgehead atoms. The van der Waals surface area contributed by atoms with Crippen LogP contribution in [-0.4, -0.2) is 75.3 Å². The van der Waals surface area contributed by atoms with E-state index in [1.807, 2.05) is 0 Å². The standard InChI is InChI=1S/C12H26N2.2H2O/c1-13(2,3)9-11-7-8-12(11)10-14(4,5)6;;/h7-8,11-12H,9-10H2,1-6H3;2*1H2/q+2;;/p-2. The molecule has 0 saturated carbocycles. The van der Waals surface area contributed by atoms with E-state index in [-0.39, 0.29) is 11.0 Å². The Morgan fingerprint density at radius 2 is 0.938 bits per heavy atom.